The molecule has 3 heterocycles. The third-order valence-electron chi connectivity index (χ3n) is 9.17. The van der Waals surface area contributed by atoms with Gasteiger partial charge in [0, 0.05) is 30.4 Å². The van der Waals surface area contributed by atoms with Crippen LogP contribution in [0.25, 0.3) is 11.1 Å². The van der Waals surface area contributed by atoms with Crippen LogP contribution in [0.4, 0.5) is 9.52 Å². The van der Waals surface area contributed by atoms with Crippen molar-refractivity contribution >= 4 is 50.7 Å². The summed E-state index contributed by atoms with van der Waals surface area (Å²) in [6.45, 7) is 25.9. The molecule has 0 aliphatic carbocycles. The molecule has 0 saturated carbocycles. The number of thiazole rings is 2. The van der Waals surface area contributed by atoms with E-state index in [9.17, 15) is 4.39 Å². The van der Waals surface area contributed by atoms with Crippen LogP contribution in [0, 0.1) is 18.8 Å². The first-order valence-electron chi connectivity index (χ1n) is 19.7. The molecule has 1 saturated heterocycles. The van der Waals surface area contributed by atoms with E-state index in [2.05, 4.69) is 112 Å². The Morgan fingerprint density at radius 3 is 1.94 bits per heavy atom. The van der Waals surface area contributed by atoms with E-state index >= 15 is 0 Å². The average Bonchev–Trinajstić information content (AvgIpc) is 3.96. The maximum absolute atomic E-state index is 9.50. The number of anilines is 1. The molecule has 1 fully saturated rings. The second-order valence-corrected chi connectivity index (χ2v) is 16.8. The first-order valence-corrected chi connectivity index (χ1v) is 22.6. The summed E-state index contributed by atoms with van der Waals surface area (Å²) in [4.78, 5) is 15.0. The molecule has 0 amide bonds. The van der Waals surface area contributed by atoms with Gasteiger partial charge in [-0.2, -0.15) is 0 Å². The van der Waals surface area contributed by atoms with Crippen LogP contribution in [0.5, 0.6) is 0 Å². The van der Waals surface area contributed by atoms with Crippen molar-refractivity contribution < 1.29 is 4.39 Å². The summed E-state index contributed by atoms with van der Waals surface area (Å²) in [5, 5.41) is 2.27. The molecular formula is C47H74FN3S3. The van der Waals surface area contributed by atoms with Crippen LogP contribution >= 0.6 is 34.4 Å². The molecule has 7 heteroatoms. The summed E-state index contributed by atoms with van der Waals surface area (Å²) in [6.07, 6.45) is 20.9. The molecule has 2 atom stereocenters. The van der Waals surface area contributed by atoms with Gasteiger partial charge < -0.3 is 4.90 Å². The lowest BCUT2D eigenvalue weighted by Gasteiger charge is -2.15. The molecule has 1 aliphatic rings. The predicted molar refractivity (Wildman–Crippen MR) is 248 cm³/mol. The molecule has 0 bridgehead atoms. The molecule has 0 spiro atoms. The molecule has 2 aromatic carbocycles. The first kappa shape index (κ1) is 51.3. The molecule has 2 aromatic heterocycles. The second-order valence-electron chi connectivity index (χ2n) is 13.6. The summed E-state index contributed by atoms with van der Waals surface area (Å²) >= 11 is 5.25. The smallest absolute Gasteiger partial charge is 0.185 e. The number of rotatable bonds is 15. The maximum Gasteiger partial charge on any atom is 0.185 e. The standard InChI is InChI=1S/C18H30N2S.C14H15NS.C7H8S.C6H14.CH3F.CH4/c1-5-6-7-8-9-10-16-13-20(12-15(16)4)18-19-11-17(21-18)14(2)3;1-4-12-6-5-7-13(8-12)10(2)14-9-15-11(3)16-14;1-8-7-5-3-2-4-6-7;1-3-5-6-4-2;1-2;/h11,15-16H,2,5-10,12-13H2,1,3-4H3;5-9H,2,4H2,1,3H3;2-6H,1H3;3-6H2,1-2H3;1H3;1H4. The largest absolute Gasteiger partial charge is 0.348 e. The number of thioether (sulfide) groups is 1. The van der Waals surface area contributed by atoms with Crippen LogP contribution in [0.3, 0.4) is 0 Å². The molecule has 2 unspecified atom stereocenters. The number of aromatic nitrogens is 2. The van der Waals surface area contributed by atoms with Crippen molar-refractivity contribution in [2.24, 2.45) is 11.8 Å². The molecular weight excluding hydrogens is 722 g/mol. The molecule has 5 rings (SSSR count). The topological polar surface area (TPSA) is 29.0 Å². The number of benzene rings is 2. The predicted octanol–water partition coefficient (Wildman–Crippen LogP) is 15.9. The normalized spacial score (nSPS) is 14.1. The average molecular weight is 796 g/mol. The van der Waals surface area contributed by atoms with Crippen LogP contribution in [0.1, 0.15) is 139 Å². The van der Waals surface area contributed by atoms with Crippen LogP contribution in [0.15, 0.2) is 85.0 Å². The van der Waals surface area contributed by atoms with E-state index in [0.717, 1.165) is 39.3 Å². The van der Waals surface area contributed by atoms with Crippen LogP contribution in [-0.4, -0.2) is 36.5 Å². The Balaban J connectivity index is 0.000000748. The van der Waals surface area contributed by atoms with Crippen molar-refractivity contribution in [3.05, 3.63) is 106 Å². The monoisotopic (exact) mass is 796 g/mol. The van der Waals surface area contributed by atoms with E-state index in [1.807, 2.05) is 37.5 Å². The molecule has 3 nitrogen and oxygen atoms in total. The Hall–Kier alpha value is -2.74. The Bertz CT molecular complexity index is 1510. The Morgan fingerprint density at radius 2 is 1.43 bits per heavy atom. The number of unbranched alkanes of at least 4 members (excludes halogenated alkanes) is 7. The number of nitrogens with zero attached hydrogens (tertiary/aromatic N) is 3. The molecule has 54 heavy (non-hydrogen) atoms. The third-order valence-corrected chi connectivity index (χ3v) is 12.1. The highest BCUT2D eigenvalue weighted by Gasteiger charge is 2.30. The minimum atomic E-state index is 0. The number of alkyl halides is 1. The van der Waals surface area contributed by atoms with E-state index in [4.69, 9.17) is 0 Å². The lowest BCUT2D eigenvalue weighted by molar-refractivity contribution is 0.401. The second kappa shape index (κ2) is 31.5. The molecule has 302 valence electrons. The third kappa shape index (κ3) is 20.3. The van der Waals surface area contributed by atoms with Crippen LogP contribution < -0.4 is 4.90 Å². The Labute approximate surface area is 344 Å². The summed E-state index contributed by atoms with van der Waals surface area (Å²) in [7, 11) is 0.500. The highest BCUT2D eigenvalue weighted by Crippen LogP contribution is 2.35. The fourth-order valence-electron chi connectivity index (χ4n) is 5.86. The molecule has 1 aliphatic heterocycles. The quantitative estimate of drug-likeness (QED) is 0.0885. The molecule has 4 aromatic rings. The highest BCUT2D eigenvalue weighted by molar-refractivity contribution is 7.98. The van der Waals surface area contributed by atoms with Crippen molar-refractivity contribution in [3.8, 4) is 0 Å². The number of allylic oxidation sites excluding steroid dienone is 1. The first-order chi connectivity index (χ1) is 25.7. The minimum Gasteiger partial charge on any atom is -0.348 e. The summed E-state index contributed by atoms with van der Waals surface area (Å²) in [6, 6.07) is 18.9. The number of hydrogen-bond donors (Lipinski definition) is 0. The summed E-state index contributed by atoms with van der Waals surface area (Å²) in [5.41, 5.74) is 4.74. The van der Waals surface area contributed by atoms with Gasteiger partial charge in [-0.3, -0.25) is 4.39 Å². The zero-order valence-corrected chi connectivity index (χ0v) is 37.0. The summed E-state index contributed by atoms with van der Waals surface area (Å²) in [5.74, 6) is 1.65. The van der Waals surface area contributed by atoms with Gasteiger partial charge in [0.25, 0.3) is 0 Å². The SMILES string of the molecule is C.C=C(C)c1cnc(N2CC(C)C(CCCCCCC)C2)s1.C=C(c1cccc(CC)c1)c1cnc(C)s1.CCCCCC.CF.CSc1ccccc1. The zero-order valence-electron chi connectivity index (χ0n) is 34.6. The van der Waals surface area contributed by atoms with Crippen molar-refractivity contribution in [1.29, 1.82) is 0 Å². The van der Waals surface area contributed by atoms with E-state index < -0.39 is 0 Å². The molecule has 0 N–H and O–H groups in total. The zero-order chi connectivity index (χ0) is 39.4. The summed E-state index contributed by atoms with van der Waals surface area (Å²) < 4.78 is 9.50. The van der Waals surface area contributed by atoms with Gasteiger partial charge in [-0.25, -0.2) is 9.97 Å². The fourth-order valence-corrected chi connectivity index (χ4v) is 7.92. The lowest BCUT2D eigenvalue weighted by Crippen LogP contribution is -2.19. The van der Waals surface area contributed by atoms with Gasteiger partial charge in [-0.1, -0.05) is 167 Å². The fraction of sp³-hybridized carbons (Fsp3) is 0.532. The van der Waals surface area contributed by atoms with Crippen molar-refractivity contribution in [1.82, 2.24) is 9.97 Å². The number of halogens is 1. The van der Waals surface area contributed by atoms with E-state index in [1.165, 1.54) is 103 Å². The van der Waals surface area contributed by atoms with E-state index in [1.54, 1.807) is 34.4 Å². The Kier molecular flexibility index (Phi) is 29.9. The molecule has 0 radical (unpaired) electrons. The van der Waals surface area contributed by atoms with Gasteiger partial charge in [-0.05, 0) is 79.2 Å². The van der Waals surface area contributed by atoms with E-state index in [-0.39, 0.29) is 7.43 Å². The van der Waals surface area contributed by atoms with Crippen LogP contribution in [0.2, 0.25) is 0 Å². The van der Waals surface area contributed by atoms with Crippen LogP contribution in [-0.2, 0) is 6.42 Å². The highest BCUT2D eigenvalue weighted by atomic mass is 32.2. The van der Waals surface area contributed by atoms with Gasteiger partial charge in [0.15, 0.2) is 5.13 Å². The minimum absolute atomic E-state index is 0. The van der Waals surface area contributed by atoms with Gasteiger partial charge in [0.1, 0.15) is 0 Å². The van der Waals surface area contributed by atoms with Gasteiger partial charge in [-0.15, -0.1) is 23.1 Å². The van der Waals surface area contributed by atoms with Gasteiger partial charge >= 0.3 is 0 Å². The Morgan fingerprint density at radius 1 is 0.815 bits per heavy atom. The van der Waals surface area contributed by atoms with E-state index in [0.29, 0.717) is 7.18 Å². The maximum atomic E-state index is 9.50. The van der Waals surface area contributed by atoms with Gasteiger partial charge in [0.2, 0.25) is 0 Å². The van der Waals surface area contributed by atoms with Crippen molar-refractivity contribution in [2.45, 2.75) is 131 Å². The number of aryl methyl sites for hydroxylation is 2. The van der Waals surface area contributed by atoms with Gasteiger partial charge in [0.05, 0.1) is 21.9 Å². The van der Waals surface area contributed by atoms with Crippen molar-refractivity contribution in [3.63, 3.8) is 0 Å². The van der Waals surface area contributed by atoms with Crippen molar-refractivity contribution in [2.75, 3.05) is 31.4 Å². The number of hydrogen-bond acceptors (Lipinski definition) is 6. The lowest BCUT2D eigenvalue weighted by atomic mass is 9.92.